The van der Waals surface area contributed by atoms with E-state index in [0.717, 1.165) is 24.3 Å². The summed E-state index contributed by atoms with van der Waals surface area (Å²) in [6.45, 7) is 4.33. The van der Waals surface area contributed by atoms with Crippen molar-refractivity contribution in [3.05, 3.63) is 59.2 Å². The van der Waals surface area contributed by atoms with Crippen LogP contribution in [0, 0.1) is 5.92 Å². The summed E-state index contributed by atoms with van der Waals surface area (Å²) in [5, 5.41) is 3.06. The fourth-order valence-corrected chi connectivity index (χ4v) is 4.21. The summed E-state index contributed by atoms with van der Waals surface area (Å²) in [7, 11) is 1.69. The minimum atomic E-state index is -0.241. The van der Waals surface area contributed by atoms with Gasteiger partial charge in [0.1, 0.15) is 11.8 Å². The molecule has 0 spiro atoms. The number of ether oxygens (including phenoxy) is 1. The maximum Gasteiger partial charge on any atom is 0.243 e. The van der Waals surface area contributed by atoms with Crippen LogP contribution in [0.1, 0.15) is 48.9 Å². The highest BCUT2D eigenvalue weighted by atomic mass is 16.5. The molecule has 1 heterocycles. The van der Waals surface area contributed by atoms with Gasteiger partial charge in [-0.05, 0) is 59.7 Å². The van der Waals surface area contributed by atoms with Crippen molar-refractivity contribution in [1.29, 1.82) is 0 Å². The zero-order valence-corrected chi connectivity index (χ0v) is 16.1. The van der Waals surface area contributed by atoms with E-state index >= 15 is 0 Å². The van der Waals surface area contributed by atoms with E-state index in [1.807, 2.05) is 18.2 Å². The lowest BCUT2D eigenvalue weighted by molar-refractivity contribution is -0.118. The largest absolute Gasteiger partial charge is 0.497 e. The maximum absolute atomic E-state index is 12.9. The summed E-state index contributed by atoms with van der Waals surface area (Å²) < 4.78 is 5.34. The first-order valence-corrected chi connectivity index (χ1v) is 9.65. The van der Waals surface area contributed by atoms with Gasteiger partial charge < -0.3 is 10.1 Å². The molecule has 0 aromatic heterocycles. The summed E-state index contributed by atoms with van der Waals surface area (Å²) in [5.41, 5.74) is 11.2. The number of methoxy groups -OCH3 is 1. The molecule has 1 aliphatic heterocycles. The van der Waals surface area contributed by atoms with Crippen LogP contribution in [-0.4, -0.2) is 19.1 Å². The van der Waals surface area contributed by atoms with Crippen LogP contribution in [0.25, 0.3) is 0 Å². The van der Waals surface area contributed by atoms with E-state index in [9.17, 15) is 4.79 Å². The molecule has 2 aromatic rings. The third kappa shape index (κ3) is 3.45. The quantitative estimate of drug-likeness (QED) is 0.776. The Bertz CT molecular complexity index is 832. The highest BCUT2D eigenvalue weighted by Crippen LogP contribution is 2.40. The lowest BCUT2D eigenvalue weighted by Crippen LogP contribution is -2.42. The number of hydrogen-bond acceptors (Lipinski definition) is 4. The van der Waals surface area contributed by atoms with Gasteiger partial charge in [-0.15, -0.1) is 0 Å². The SMILES string of the molecule is COc1ccc2c(c1)CCC1C(C(=O)Nc3ccc(C(C)C)cc3)NNC21. The Kier molecular flexibility index (Phi) is 4.89. The van der Waals surface area contributed by atoms with E-state index in [2.05, 4.69) is 54.3 Å². The van der Waals surface area contributed by atoms with Gasteiger partial charge in [0.2, 0.25) is 5.91 Å². The lowest BCUT2D eigenvalue weighted by atomic mass is 9.77. The van der Waals surface area contributed by atoms with E-state index < -0.39 is 0 Å². The molecule has 3 N–H and O–H groups in total. The van der Waals surface area contributed by atoms with Gasteiger partial charge >= 0.3 is 0 Å². The Balaban J connectivity index is 1.47. The zero-order valence-electron chi connectivity index (χ0n) is 16.1. The second-order valence-electron chi connectivity index (χ2n) is 7.78. The van der Waals surface area contributed by atoms with Crippen molar-refractivity contribution in [1.82, 2.24) is 10.9 Å². The van der Waals surface area contributed by atoms with Crippen LogP contribution in [0.3, 0.4) is 0 Å². The molecule has 0 radical (unpaired) electrons. The van der Waals surface area contributed by atoms with Crippen molar-refractivity contribution in [2.45, 2.75) is 44.7 Å². The number of carbonyl (C=O) groups excluding carboxylic acids is 1. The molecule has 1 saturated heterocycles. The second kappa shape index (κ2) is 7.33. The molecule has 4 rings (SSSR count). The van der Waals surface area contributed by atoms with E-state index in [1.165, 1.54) is 16.7 Å². The standard InChI is InChI=1S/C22H27N3O2/c1-13(2)14-4-7-16(8-5-14)23-22(26)21-19-10-6-15-12-17(27-3)9-11-18(15)20(19)24-25-21/h4-5,7-9,11-13,19-21,24-25H,6,10H2,1-3H3,(H,23,26). The number of amides is 1. The highest BCUT2D eigenvalue weighted by molar-refractivity contribution is 5.95. The molecule has 27 heavy (non-hydrogen) atoms. The summed E-state index contributed by atoms with van der Waals surface area (Å²) in [6, 6.07) is 14.2. The Morgan fingerprint density at radius 3 is 2.63 bits per heavy atom. The first-order valence-electron chi connectivity index (χ1n) is 9.65. The van der Waals surface area contributed by atoms with Crippen LogP contribution in [0.15, 0.2) is 42.5 Å². The predicted molar refractivity (Wildman–Crippen MR) is 107 cm³/mol. The summed E-state index contributed by atoms with van der Waals surface area (Å²) in [5.74, 6) is 1.62. The van der Waals surface area contributed by atoms with Crippen molar-refractivity contribution in [3.63, 3.8) is 0 Å². The summed E-state index contributed by atoms with van der Waals surface area (Å²) >= 11 is 0. The van der Waals surface area contributed by atoms with Gasteiger partial charge in [-0.25, -0.2) is 10.9 Å². The Morgan fingerprint density at radius 2 is 1.93 bits per heavy atom. The maximum atomic E-state index is 12.9. The third-order valence-corrected chi connectivity index (χ3v) is 5.81. The fraction of sp³-hybridized carbons (Fsp3) is 0.409. The Hall–Kier alpha value is -2.37. The minimum absolute atomic E-state index is 0.0178. The monoisotopic (exact) mass is 365 g/mol. The zero-order chi connectivity index (χ0) is 19.0. The van der Waals surface area contributed by atoms with Crippen molar-refractivity contribution >= 4 is 11.6 Å². The molecule has 1 fully saturated rings. The molecule has 1 amide bonds. The van der Waals surface area contributed by atoms with E-state index in [-0.39, 0.29) is 23.9 Å². The number of benzene rings is 2. The predicted octanol–water partition coefficient (Wildman–Crippen LogP) is 3.54. The molecule has 1 aliphatic carbocycles. The number of hydrazine groups is 1. The molecule has 0 saturated carbocycles. The number of carbonyl (C=O) groups is 1. The smallest absolute Gasteiger partial charge is 0.243 e. The van der Waals surface area contributed by atoms with Crippen LogP contribution in [0.4, 0.5) is 5.69 Å². The number of nitrogens with one attached hydrogen (secondary N) is 3. The molecule has 0 bridgehead atoms. The molecule has 3 atom stereocenters. The number of anilines is 1. The van der Waals surface area contributed by atoms with Crippen molar-refractivity contribution in [2.75, 3.05) is 12.4 Å². The number of rotatable bonds is 4. The Labute approximate surface area is 160 Å². The fourth-order valence-electron chi connectivity index (χ4n) is 4.21. The molecule has 5 nitrogen and oxygen atoms in total. The van der Waals surface area contributed by atoms with Gasteiger partial charge in [0.25, 0.3) is 0 Å². The van der Waals surface area contributed by atoms with E-state index in [1.54, 1.807) is 7.11 Å². The average molecular weight is 365 g/mol. The van der Waals surface area contributed by atoms with Gasteiger partial charge in [-0.3, -0.25) is 4.79 Å². The van der Waals surface area contributed by atoms with E-state index in [4.69, 9.17) is 4.74 Å². The first-order chi connectivity index (χ1) is 13.1. The Morgan fingerprint density at radius 1 is 1.15 bits per heavy atom. The normalized spacial score (nSPS) is 23.6. The number of aryl methyl sites for hydroxylation is 1. The highest BCUT2D eigenvalue weighted by Gasteiger charge is 2.43. The summed E-state index contributed by atoms with van der Waals surface area (Å²) in [4.78, 5) is 12.9. The van der Waals surface area contributed by atoms with Crippen molar-refractivity contribution < 1.29 is 9.53 Å². The molecule has 2 aromatic carbocycles. The van der Waals surface area contributed by atoms with Crippen LogP contribution < -0.4 is 20.9 Å². The number of fused-ring (bicyclic) bond motifs is 3. The molecule has 5 heteroatoms. The van der Waals surface area contributed by atoms with Gasteiger partial charge in [-0.1, -0.05) is 32.0 Å². The van der Waals surface area contributed by atoms with Crippen LogP contribution in [0.2, 0.25) is 0 Å². The van der Waals surface area contributed by atoms with E-state index in [0.29, 0.717) is 5.92 Å². The van der Waals surface area contributed by atoms with Crippen LogP contribution in [0.5, 0.6) is 5.75 Å². The van der Waals surface area contributed by atoms with Gasteiger partial charge in [0.15, 0.2) is 0 Å². The van der Waals surface area contributed by atoms with Gasteiger partial charge in [0.05, 0.1) is 13.2 Å². The third-order valence-electron chi connectivity index (χ3n) is 5.81. The molecule has 3 unspecified atom stereocenters. The molecule has 2 aliphatic rings. The minimum Gasteiger partial charge on any atom is -0.497 e. The van der Waals surface area contributed by atoms with Crippen LogP contribution >= 0.6 is 0 Å². The molecular formula is C22H27N3O2. The van der Waals surface area contributed by atoms with Crippen LogP contribution in [-0.2, 0) is 11.2 Å². The first kappa shape index (κ1) is 18.0. The van der Waals surface area contributed by atoms with Crippen molar-refractivity contribution in [3.8, 4) is 5.75 Å². The average Bonchev–Trinajstić information content (AvgIpc) is 3.12. The lowest BCUT2D eigenvalue weighted by Gasteiger charge is -2.29. The topological polar surface area (TPSA) is 62.4 Å². The molecular weight excluding hydrogens is 338 g/mol. The molecule has 142 valence electrons. The summed E-state index contributed by atoms with van der Waals surface area (Å²) in [6.07, 6.45) is 1.93. The van der Waals surface area contributed by atoms with Gasteiger partial charge in [-0.2, -0.15) is 0 Å². The van der Waals surface area contributed by atoms with Gasteiger partial charge in [0, 0.05) is 11.6 Å². The number of hydrogen-bond donors (Lipinski definition) is 3. The van der Waals surface area contributed by atoms with Crippen molar-refractivity contribution in [2.24, 2.45) is 5.92 Å². The second-order valence-corrected chi connectivity index (χ2v) is 7.78.